The zero-order valence-corrected chi connectivity index (χ0v) is 10.2. The fourth-order valence-electron chi connectivity index (χ4n) is 1.73. The Balaban J connectivity index is 2.23. The van der Waals surface area contributed by atoms with Crippen molar-refractivity contribution < 1.29 is 4.42 Å². The van der Waals surface area contributed by atoms with Gasteiger partial charge in [0.2, 0.25) is 0 Å². The summed E-state index contributed by atoms with van der Waals surface area (Å²) in [5.41, 5.74) is 1.51. The largest absolute Gasteiger partial charge is 0.439 e. The van der Waals surface area contributed by atoms with E-state index in [1.807, 2.05) is 18.2 Å². The minimum atomic E-state index is 0.358. The molecule has 16 heavy (non-hydrogen) atoms. The lowest BCUT2D eigenvalue weighted by Crippen LogP contribution is -2.27. The summed E-state index contributed by atoms with van der Waals surface area (Å²) in [6.07, 6.45) is 0.777. The third-order valence-electron chi connectivity index (χ3n) is 2.44. The first-order chi connectivity index (χ1) is 7.70. The van der Waals surface area contributed by atoms with E-state index in [-0.39, 0.29) is 0 Å². The molecule has 1 aromatic carbocycles. The van der Waals surface area contributed by atoms with Crippen LogP contribution >= 0.6 is 11.6 Å². The van der Waals surface area contributed by atoms with Gasteiger partial charge in [-0.3, -0.25) is 0 Å². The number of para-hydroxylation sites is 1. The molecule has 0 spiro atoms. The SMILES string of the molecule is CCNC(C)Cc1nc2cccc(Cl)c2o1. The Hall–Kier alpha value is -1.06. The molecule has 1 unspecified atom stereocenters. The molecule has 3 nitrogen and oxygen atoms in total. The van der Waals surface area contributed by atoms with Crippen LogP contribution in [0.1, 0.15) is 19.7 Å². The molecule has 1 aromatic heterocycles. The number of nitrogens with zero attached hydrogens (tertiary/aromatic N) is 1. The molecular formula is C12H15ClN2O. The van der Waals surface area contributed by atoms with Crippen LogP contribution in [0.5, 0.6) is 0 Å². The molecule has 2 aromatic rings. The highest BCUT2D eigenvalue weighted by Gasteiger charge is 2.11. The number of benzene rings is 1. The van der Waals surface area contributed by atoms with Crippen molar-refractivity contribution in [3.63, 3.8) is 0 Å². The molecule has 4 heteroatoms. The first-order valence-corrected chi connectivity index (χ1v) is 5.85. The monoisotopic (exact) mass is 238 g/mol. The zero-order valence-electron chi connectivity index (χ0n) is 9.46. The van der Waals surface area contributed by atoms with Gasteiger partial charge in [-0.05, 0) is 25.6 Å². The standard InChI is InChI=1S/C12H15ClN2O/c1-3-14-8(2)7-11-15-10-6-4-5-9(13)12(10)16-11/h4-6,8,14H,3,7H2,1-2H3. The van der Waals surface area contributed by atoms with E-state index in [0.717, 1.165) is 24.4 Å². The van der Waals surface area contributed by atoms with Gasteiger partial charge in [0.05, 0.1) is 5.02 Å². The van der Waals surface area contributed by atoms with Crippen LogP contribution in [0.15, 0.2) is 22.6 Å². The van der Waals surface area contributed by atoms with E-state index in [1.165, 1.54) is 0 Å². The molecule has 0 fully saturated rings. The summed E-state index contributed by atoms with van der Waals surface area (Å²) in [5, 5.41) is 3.94. The van der Waals surface area contributed by atoms with E-state index in [9.17, 15) is 0 Å². The quantitative estimate of drug-likeness (QED) is 0.890. The first-order valence-electron chi connectivity index (χ1n) is 5.48. The van der Waals surface area contributed by atoms with Crippen LogP contribution in [0.3, 0.4) is 0 Å². The lowest BCUT2D eigenvalue weighted by atomic mass is 10.2. The number of likely N-dealkylation sites (N-methyl/N-ethyl adjacent to an activating group) is 1. The highest BCUT2D eigenvalue weighted by Crippen LogP contribution is 2.24. The Morgan fingerprint density at radius 3 is 3.00 bits per heavy atom. The van der Waals surface area contributed by atoms with Crippen molar-refractivity contribution in [2.24, 2.45) is 0 Å². The maximum atomic E-state index is 6.02. The average Bonchev–Trinajstić information content (AvgIpc) is 2.62. The topological polar surface area (TPSA) is 38.1 Å². The second kappa shape index (κ2) is 4.85. The molecular weight excluding hydrogens is 224 g/mol. The van der Waals surface area contributed by atoms with Crippen LogP contribution in [0.2, 0.25) is 5.02 Å². The Bertz CT molecular complexity index is 481. The number of halogens is 1. The summed E-state index contributed by atoms with van der Waals surface area (Å²) in [6, 6.07) is 5.96. The van der Waals surface area contributed by atoms with E-state index >= 15 is 0 Å². The first kappa shape index (κ1) is 11.4. The molecule has 2 rings (SSSR count). The van der Waals surface area contributed by atoms with E-state index in [1.54, 1.807) is 0 Å². The second-order valence-electron chi connectivity index (χ2n) is 3.86. The van der Waals surface area contributed by atoms with Gasteiger partial charge in [-0.1, -0.05) is 24.6 Å². The van der Waals surface area contributed by atoms with Crippen molar-refractivity contribution in [2.75, 3.05) is 6.54 Å². The molecule has 0 aliphatic heterocycles. The van der Waals surface area contributed by atoms with Gasteiger partial charge in [-0.15, -0.1) is 0 Å². The molecule has 0 aliphatic carbocycles. The van der Waals surface area contributed by atoms with Gasteiger partial charge in [0.15, 0.2) is 11.5 Å². The predicted octanol–water partition coefficient (Wildman–Crippen LogP) is 3.02. The van der Waals surface area contributed by atoms with Crippen LogP contribution in [0.25, 0.3) is 11.1 Å². The third kappa shape index (κ3) is 2.36. The molecule has 1 N–H and O–H groups in total. The lowest BCUT2D eigenvalue weighted by Gasteiger charge is -2.08. The summed E-state index contributed by atoms with van der Waals surface area (Å²) < 4.78 is 5.63. The van der Waals surface area contributed by atoms with Crippen LogP contribution in [-0.2, 0) is 6.42 Å². The van der Waals surface area contributed by atoms with E-state index < -0.39 is 0 Å². The highest BCUT2D eigenvalue weighted by atomic mass is 35.5. The lowest BCUT2D eigenvalue weighted by molar-refractivity contribution is 0.469. The van der Waals surface area contributed by atoms with Gasteiger partial charge < -0.3 is 9.73 Å². The molecule has 0 radical (unpaired) electrons. The number of oxazole rings is 1. The van der Waals surface area contributed by atoms with Gasteiger partial charge >= 0.3 is 0 Å². The molecule has 0 saturated heterocycles. The minimum absolute atomic E-state index is 0.358. The molecule has 0 bridgehead atoms. The summed E-state index contributed by atoms with van der Waals surface area (Å²) in [5.74, 6) is 0.733. The van der Waals surface area contributed by atoms with Crippen LogP contribution < -0.4 is 5.32 Å². The summed E-state index contributed by atoms with van der Waals surface area (Å²) in [7, 11) is 0. The fourth-order valence-corrected chi connectivity index (χ4v) is 1.94. The van der Waals surface area contributed by atoms with Gasteiger partial charge in [-0.25, -0.2) is 4.98 Å². The van der Waals surface area contributed by atoms with Gasteiger partial charge in [0.1, 0.15) is 5.52 Å². The van der Waals surface area contributed by atoms with Crippen LogP contribution in [-0.4, -0.2) is 17.6 Å². The highest BCUT2D eigenvalue weighted by molar-refractivity contribution is 6.34. The average molecular weight is 239 g/mol. The van der Waals surface area contributed by atoms with Gasteiger partial charge in [-0.2, -0.15) is 0 Å². The molecule has 1 atom stereocenters. The number of aromatic nitrogens is 1. The number of hydrogen-bond donors (Lipinski definition) is 1. The summed E-state index contributed by atoms with van der Waals surface area (Å²) in [6.45, 7) is 5.14. The number of fused-ring (bicyclic) bond motifs is 1. The smallest absolute Gasteiger partial charge is 0.197 e. The number of nitrogens with one attached hydrogen (secondary N) is 1. The molecule has 0 saturated carbocycles. The van der Waals surface area contributed by atoms with Gasteiger partial charge in [0.25, 0.3) is 0 Å². The molecule has 0 amide bonds. The van der Waals surface area contributed by atoms with E-state index in [0.29, 0.717) is 16.6 Å². The number of rotatable bonds is 4. The molecule has 86 valence electrons. The van der Waals surface area contributed by atoms with Crippen LogP contribution in [0, 0.1) is 0 Å². The van der Waals surface area contributed by atoms with E-state index in [4.69, 9.17) is 16.0 Å². The second-order valence-corrected chi connectivity index (χ2v) is 4.27. The van der Waals surface area contributed by atoms with Crippen molar-refractivity contribution in [1.29, 1.82) is 0 Å². The summed E-state index contributed by atoms with van der Waals surface area (Å²) in [4.78, 5) is 4.40. The third-order valence-corrected chi connectivity index (χ3v) is 2.74. The van der Waals surface area contributed by atoms with Crippen LogP contribution in [0.4, 0.5) is 0 Å². The Kier molecular flexibility index (Phi) is 3.46. The van der Waals surface area contributed by atoms with Crippen molar-refractivity contribution in [3.05, 3.63) is 29.1 Å². The maximum absolute atomic E-state index is 6.02. The minimum Gasteiger partial charge on any atom is -0.439 e. The van der Waals surface area contributed by atoms with Crippen molar-refractivity contribution in [3.8, 4) is 0 Å². The Morgan fingerprint density at radius 1 is 1.50 bits per heavy atom. The maximum Gasteiger partial charge on any atom is 0.197 e. The predicted molar refractivity (Wildman–Crippen MR) is 65.9 cm³/mol. The molecule has 0 aliphatic rings. The van der Waals surface area contributed by atoms with Gasteiger partial charge in [0, 0.05) is 12.5 Å². The number of hydrogen-bond acceptors (Lipinski definition) is 3. The molecule has 1 heterocycles. The van der Waals surface area contributed by atoms with Crippen molar-refractivity contribution >= 4 is 22.7 Å². The fraction of sp³-hybridized carbons (Fsp3) is 0.417. The summed E-state index contributed by atoms with van der Waals surface area (Å²) >= 11 is 6.02. The van der Waals surface area contributed by atoms with Crippen molar-refractivity contribution in [2.45, 2.75) is 26.3 Å². The zero-order chi connectivity index (χ0) is 11.5. The van der Waals surface area contributed by atoms with E-state index in [2.05, 4.69) is 24.1 Å². The Labute approximate surface area is 99.8 Å². The van der Waals surface area contributed by atoms with Crippen molar-refractivity contribution in [1.82, 2.24) is 10.3 Å². The Morgan fingerprint density at radius 2 is 2.31 bits per heavy atom. The normalized spacial score (nSPS) is 13.2.